The minimum atomic E-state index is 0. The molecule has 1 aliphatic rings. The van der Waals surface area contributed by atoms with Gasteiger partial charge in [-0.25, -0.2) is 11.6 Å². The first-order valence-corrected chi connectivity index (χ1v) is 5.76. The minimum Gasteiger partial charge on any atom is -0.491 e. The summed E-state index contributed by atoms with van der Waals surface area (Å²) in [6, 6.07) is 8.23. The topological polar surface area (TPSA) is 9.23 Å². The van der Waals surface area contributed by atoms with Crippen LogP contribution in [0.1, 0.15) is 25.8 Å². The first-order valence-electron chi connectivity index (χ1n) is 5.76. The molecule has 0 aliphatic heterocycles. The van der Waals surface area contributed by atoms with E-state index in [0.717, 1.165) is 18.6 Å². The van der Waals surface area contributed by atoms with E-state index in [9.17, 15) is 0 Å². The van der Waals surface area contributed by atoms with Crippen LogP contribution in [0.5, 0.6) is 5.75 Å². The van der Waals surface area contributed by atoms with Crippen molar-refractivity contribution in [3.8, 4) is 5.75 Å². The molecular weight excluding hydrogens is 315 g/mol. The molecule has 0 atom stereocenters. The third-order valence-electron chi connectivity index (χ3n) is 2.48. The second-order valence-corrected chi connectivity index (χ2v) is 4.26. The molecule has 19 heavy (non-hydrogen) atoms. The van der Waals surface area contributed by atoms with Gasteiger partial charge in [0.25, 0.3) is 0 Å². The monoisotopic (exact) mass is 333 g/mol. The second kappa shape index (κ2) is 10.6. The van der Waals surface area contributed by atoms with E-state index >= 15 is 0 Å². The van der Waals surface area contributed by atoms with Crippen molar-refractivity contribution in [3.63, 3.8) is 0 Å². The Hall–Kier alpha value is -0.206. The van der Waals surface area contributed by atoms with Gasteiger partial charge in [0.2, 0.25) is 0 Å². The van der Waals surface area contributed by atoms with Gasteiger partial charge in [-0.3, -0.25) is 6.08 Å². The number of para-hydroxylation sites is 1. The molecule has 104 valence electrons. The van der Waals surface area contributed by atoms with E-state index in [0.29, 0.717) is 0 Å². The largest absolute Gasteiger partial charge is 0.491 e. The predicted molar refractivity (Wildman–Crippen MR) is 80.9 cm³/mol. The number of allylic oxidation sites excluding steroid dienone is 4. The van der Waals surface area contributed by atoms with Crippen LogP contribution < -0.4 is 4.74 Å². The molecule has 0 fully saturated rings. The normalized spacial score (nSPS) is 12.1. The Morgan fingerprint density at radius 2 is 1.89 bits per heavy atom. The molecule has 2 rings (SSSR count). The molecule has 0 saturated carbocycles. The fourth-order valence-electron chi connectivity index (χ4n) is 1.80. The van der Waals surface area contributed by atoms with Crippen LogP contribution in [-0.4, -0.2) is 6.10 Å². The third kappa shape index (κ3) is 6.67. The molecule has 1 aromatic rings. The van der Waals surface area contributed by atoms with Crippen LogP contribution in [0.2, 0.25) is 0 Å². The van der Waals surface area contributed by atoms with Gasteiger partial charge in [-0.15, -0.1) is 31.2 Å². The summed E-state index contributed by atoms with van der Waals surface area (Å²) in [6.07, 6.45) is 9.70. The van der Waals surface area contributed by atoms with Gasteiger partial charge in [-0.05, 0) is 31.9 Å². The Kier molecular flexibility index (Phi) is 11.7. The van der Waals surface area contributed by atoms with Gasteiger partial charge in [0.1, 0.15) is 5.75 Å². The zero-order valence-electron chi connectivity index (χ0n) is 11.2. The fraction of sp³-hybridized carbons (Fsp3) is 0.333. The van der Waals surface area contributed by atoms with Crippen LogP contribution in [-0.2, 0) is 28.1 Å². The fourth-order valence-corrected chi connectivity index (χ4v) is 1.80. The molecule has 0 amide bonds. The average molecular weight is 334 g/mol. The molecule has 1 aliphatic carbocycles. The van der Waals surface area contributed by atoms with Gasteiger partial charge in [-0.1, -0.05) is 18.2 Å². The van der Waals surface area contributed by atoms with Crippen molar-refractivity contribution >= 4 is 24.8 Å². The number of rotatable bonds is 4. The van der Waals surface area contributed by atoms with Crippen LogP contribution in [0.25, 0.3) is 0 Å². The van der Waals surface area contributed by atoms with E-state index in [1.54, 1.807) is 0 Å². The van der Waals surface area contributed by atoms with Crippen LogP contribution in [0.3, 0.4) is 0 Å². The molecular formula is C15H19Cl2OTi-. The Morgan fingerprint density at radius 3 is 2.47 bits per heavy atom. The van der Waals surface area contributed by atoms with Crippen molar-refractivity contribution < 1.29 is 26.5 Å². The van der Waals surface area contributed by atoms with E-state index < -0.39 is 0 Å². The van der Waals surface area contributed by atoms with Gasteiger partial charge in [0.05, 0.1) is 6.10 Å². The molecule has 0 unspecified atom stereocenters. The van der Waals surface area contributed by atoms with Crippen LogP contribution in [0, 0.1) is 6.08 Å². The molecule has 0 aromatic heterocycles. The molecule has 1 nitrogen and oxygen atoms in total. The SMILES string of the molecule is CC(C)Oc1ccccc1CC1=[C-]CC=C1.Cl.Cl.[Ti]. The average Bonchev–Trinajstić information content (AvgIpc) is 2.73. The molecule has 0 saturated heterocycles. The van der Waals surface area contributed by atoms with Gasteiger partial charge < -0.3 is 4.74 Å². The molecule has 0 N–H and O–H groups in total. The smallest absolute Gasteiger partial charge is 0.123 e. The maximum Gasteiger partial charge on any atom is 0.123 e. The number of halogens is 2. The number of hydrogen-bond acceptors (Lipinski definition) is 1. The zero-order chi connectivity index (χ0) is 11.4. The van der Waals surface area contributed by atoms with Crippen molar-refractivity contribution in [1.82, 2.24) is 0 Å². The first kappa shape index (κ1) is 21.1. The molecule has 0 spiro atoms. The van der Waals surface area contributed by atoms with Gasteiger partial charge >= 0.3 is 0 Å². The molecule has 0 heterocycles. The predicted octanol–water partition coefficient (Wildman–Crippen LogP) is 4.55. The van der Waals surface area contributed by atoms with Gasteiger partial charge in [0, 0.05) is 21.7 Å². The number of benzene rings is 1. The number of ether oxygens (including phenoxy) is 1. The second-order valence-electron chi connectivity index (χ2n) is 4.26. The summed E-state index contributed by atoms with van der Waals surface area (Å²) in [4.78, 5) is 0. The van der Waals surface area contributed by atoms with E-state index in [1.807, 2.05) is 12.1 Å². The quantitative estimate of drug-likeness (QED) is 0.580. The van der Waals surface area contributed by atoms with Crippen molar-refractivity contribution in [3.05, 3.63) is 53.6 Å². The third-order valence-corrected chi connectivity index (χ3v) is 2.48. The summed E-state index contributed by atoms with van der Waals surface area (Å²) in [5, 5.41) is 0. The van der Waals surface area contributed by atoms with Crippen molar-refractivity contribution in [2.24, 2.45) is 0 Å². The van der Waals surface area contributed by atoms with Crippen molar-refractivity contribution in [2.45, 2.75) is 32.8 Å². The van der Waals surface area contributed by atoms with E-state index in [1.165, 1.54) is 11.1 Å². The first-order chi connectivity index (χ1) is 7.75. The van der Waals surface area contributed by atoms with Crippen molar-refractivity contribution in [2.75, 3.05) is 0 Å². The molecule has 0 bridgehead atoms. The Morgan fingerprint density at radius 1 is 1.21 bits per heavy atom. The molecule has 4 heteroatoms. The Balaban J connectivity index is 0. The zero-order valence-corrected chi connectivity index (χ0v) is 14.4. The molecule has 0 radical (unpaired) electrons. The summed E-state index contributed by atoms with van der Waals surface area (Å²) in [5.41, 5.74) is 2.50. The van der Waals surface area contributed by atoms with Crippen LogP contribution in [0.4, 0.5) is 0 Å². The van der Waals surface area contributed by atoms with Crippen molar-refractivity contribution in [1.29, 1.82) is 0 Å². The van der Waals surface area contributed by atoms with Gasteiger partial charge in [-0.2, -0.15) is 6.08 Å². The summed E-state index contributed by atoms with van der Waals surface area (Å²) < 4.78 is 5.79. The summed E-state index contributed by atoms with van der Waals surface area (Å²) >= 11 is 0. The Bertz CT molecular complexity index is 428. The van der Waals surface area contributed by atoms with E-state index in [-0.39, 0.29) is 52.6 Å². The van der Waals surface area contributed by atoms with E-state index in [4.69, 9.17) is 4.74 Å². The maximum absolute atomic E-state index is 5.79. The summed E-state index contributed by atoms with van der Waals surface area (Å²) in [6.45, 7) is 4.11. The molecule has 1 aromatic carbocycles. The minimum absolute atomic E-state index is 0. The summed E-state index contributed by atoms with van der Waals surface area (Å²) in [5.74, 6) is 0.993. The van der Waals surface area contributed by atoms with E-state index in [2.05, 4.69) is 44.2 Å². The van der Waals surface area contributed by atoms with Crippen LogP contribution in [0.15, 0.2) is 42.0 Å². The number of hydrogen-bond donors (Lipinski definition) is 0. The standard InChI is InChI=1S/C15H17O.2ClH.Ti/c1-12(2)16-15-10-6-5-9-14(15)11-13-7-3-4-8-13;;;/h3,5-7,9-10,12H,4,11H2,1-2H3;2*1H;/q-1;;;. The van der Waals surface area contributed by atoms with Crippen LogP contribution >= 0.6 is 24.8 Å². The Labute approximate surface area is 143 Å². The van der Waals surface area contributed by atoms with Gasteiger partial charge in [0.15, 0.2) is 0 Å². The summed E-state index contributed by atoms with van der Waals surface area (Å²) in [7, 11) is 0. The maximum atomic E-state index is 5.79.